The van der Waals surface area contributed by atoms with Crippen LogP contribution < -0.4 is 0 Å². The van der Waals surface area contributed by atoms with Crippen LogP contribution in [-0.2, 0) is 4.74 Å². The summed E-state index contributed by atoms with van der Waals surface area (Å²) < 4.78 is 4.80. The average Bonchev–Trinajstić information content (AvgIpc) is 3.11. The number of nitrogens with one attached hydrogen (secondary N) is 1. The molecule has 0 saturated heterocycles. The molecule has 122 valence electrons. The molecule has 0 unspecified atom stereocenters. The number of aromatic amines is 1. The van der Waals surface area contributed by atoms with E-state index in [-0.39, 0.29) is 5.97 Å². The van der Waals surface area contributed by atoms with Crippen LogP contribution >= 0.6 is 0 Å². The van der Waals surface area contributed by atoms with Gasteiger partial charge < -0.3 is 9.72 Å². The number of rotatable bonds is 3. The van der Waals surface area contributed by atoms with E-state index in [0.717, 1.165) is 33.3 Å². The Morgan fingerprint density at radius 3 is 2.72 bits per heavy atom. The first-order valence-corrected chi connectivity index (χ1v) is 7.82. The van der Waals surface area contributed by atoms with E-state index in [0.29, 0.717) is 5.56 Å². The standard InChI is InChI=1S/C20H15N3O2/c1-25-20(24)14-5-2-4-13(8-14)16-9-17-18(12-23-19(17)22-11-16)15-6-3-7-21-10-15/h2-12H,1H3,(H,22,23). The normalized spacial score (nSPS) is 10.8. The minimum absolute atomic E-state index is 0.353. The second-order valence-corrected chi connectivity index (χ2v) is 5.64. The first kappa shape index (κ1) is 15.1. The van der Waals surface area contributed by atoms with Gasteiger partial charge in [0.05, 0.1) is 12.7 Å². The van der Waals surface area contributed by atoms with Gasteiger partial charge in [0.2, 0.25) is 0 Å². The summed E-state index contributed by atoms with van der Waals surface area (Å²) in [6.07, 6.45) is 7.30. The number of hydrogen-bond donors (Lipinski definition) is 1. The Kier molecular flexibility index (Phi) is 3.74. The number of nitrogens with zero attached hydrogens (tertiary/aromatic N) is 2. The second kappa shape index (κ2) is 6.20. The summed E-state index contributed by atoms with van der Waals surface area (Å²) in [5.74, 6) is -0.353. The van der Waals surface area contributed by atoms with E-state index < -0.39 is 0 Å². The van der Waals surface area contributed by atoms with Gasteiger partial charge in [-0.2, -0.15) is 0 Å². The van der Waals surface area contributed by atoms with Crippen LogP contribution in [0.3, 0.4) is 0 Å². The molecule has 4 aromatic rings. The van der Waals surface area contributed by atoms with Crippen molar-refractivity contribution in [3.05, 3.63) is 72.8 Å². The lowest BCUT2D eigenvalue weighted by Crippen LogP contribution is -2.00. The van der Waals surface area contributed by atoms with Crippen LogP contribution in [-0.4, -0.2) is 28.0 Å². The predicted octanol–water partition coefficient (Wildman–Crippen LogP) is 4.08. The highest BCUT2D eigenvalue weighted by molar-refractivity contribution is 5.96. The molecule has 1 aromatic carbocycles. The summed E-state index contributed by atoms with van der Waals surface area (Å²) in [7, 11) is 1.38. The lowest BCUT2D eigenvalue weighted by Gasteiger charge is -2.05. The van der Waals surface area contributed by atoms with Crippen LogP contribution in [0.2, 0.25) is 0 Å². The molecular formula is C20H15N3O2. The molecule has 0 radical (unpaired) electrons. The summed E-state index contributed by atoms with van der Waals surface area (Å²) in [5, 5.41) is 1.01. The quantitative estimate of drug-likeness (QED) is 0.575. The Morgan fingerprint density at radius 1 is 1.04 bits per heavy atom. The van der Waals surface area contributed by atoms with Crippen molar-refractivity contribution in [2.45, 2.75) is 0 Å². The maximum atomic E-state index is 11.8. The fourth-order valence-corrected chi connectivity index (χ4v) is 2.87. The van der Waals surface area contributed by atoms with Crippen molar-refractivity contribution in [1.82, 2.24) is 15.0 Å². The summed E-state index contributed by atoms with van der Waals surface area (Å²) in [4.78, 5) is 23.6. The molecule has 0 aliphatic rings. The third-order valence-electron chi connectivity index (χ3n) is 4.12. The summed E-state index contributed by atoms with van der Waals surface area (Å²) in [6.45, 7) is 0. The number of pyridine rings is 2. The minimum Gasteiger partial charge on any atom is -0.465 e. The third-order valence-corrected chi connectivity index (χ3v) is 4.12. The van der Waals surface area contributed by atoms with Crippen molar-refractivity contribution in [1.29, 1.82) is 0 Å². The fraction of sp³-hybridized carbons (Fsp3) is 0.0500. The zero-order chi connectivity index (χ0) is 17.2. The number of H-pyrrole nitrogens is 1. The van der Waals surface area contributed by atoms with E-state index in [1.165, 1.54) is 7.11 Å². The van der Waals surface area contributed by atoms with Gasteiger partial charge in [0.25, 0.3) is 0 Å². The van der Waals surface area contributed by atoms with Gasteiger partial charge in [-0.1, -0.05) is 18.2 Å². The van der Waals surface area contributed by atoms with Crippen molar-refractivity contribution in [2.75, 3.05) is 7.11 Å². The van der Waals surface area contributed by atoms with Crippen molar-refractivity contribution in [3.63, 3.8) is 0 Å². The molecule has 0 aliphatic heterocycles. The van der Waals surface area contributed by atoms with Crippen LogP contribution in [0.15, 0.2) is 67.3 Å². The van der Waals surface area contributed by atoms with Gasteiger partial charge in [-0.15, -0.1) is 0 Å². The zero-order valence-corrected chi connectivity index (χ0v) is 13.6. The molecule has 0 fully saturated rings. The number of hydrogen-bond acceptors (Lipinski definition) is 4. The van der Waals surface area contributed by atoms with Crippen molar-refractivity contribution in [3.8, 4) is 22.3 Å². The number of fused-ring (bicyclic) bond motifs is 1. The van der Waals surface area contributed by atoms with E-state index in [1.54, 1.807) is 18.5 Å². The Hall–Kier alpha value is -3.47. The van der Waals surface area contributed by atoms with E-state index >= 15 is 0 Å². The molecule has 3 aromatic heterocycles. The molecule has 4 rings (SSSR count). The van der Waals surface area contributed by atoms with Crippen LogP contribution in [0.4, 0.5) is 0 Å². The Balaban J connectivity index is 1.83. The summed E-state index contributed by atoms with van der Waals surface area (Å²) in [6, 6.07) is 13.3. The first-order valence-electron chi connectivity index (χ1n) is 7.82. The van der Waals surface area contributed by atoms with E-state index in [9.17, 15) is 4.79 Å². The zero-order valence-electron chi connectivity index (χ0n) is 13.6. The summed E-state index contributed by atoms with van der Waals surface area (Å²) in [5.41, 5.74) is 5.24. The molecule has 5 heteroatoms. The van der Waals surface area contributed by atoms with Gasteiger partial charge in [-0.25, -0.2) is 9.78 Å². The maximum absolute atomic E-state index is 11.8. The molecule has 1 N–H and O–H groups in total. The SMILES string of the molecule is COC(=O)c1cccc(-c2cnc3[nH]cc(-c4cccnc4)c3c2)c1. The van der Waals surface area contributed by atoms with Crippen LogP contribution in [0.25, 0.3) is 33.3 Å². The highest BCUT2D eigenvalue weighted by atomic mass is 16.5. The van der Waals surface area contributed by atoms with Gasteiger partial charge in [0.1, 0.15) is 5.65 Å². The fourth-order valence-electron chi connectivity index (χ4n) is 2.87. The van der Waals surface area contributed by atoms with Crippen LogP contribution in [0.5, 0.6) is 0 Å². The molecule has 25 heavy (non-hydrogen) atoms. The number of ether oxygens (including phenoxy) is 1. The Bertz CT molecular complexity index is 1050. The monoisotopic (exact) mass is 329 g/mol. The van der Waals surface area contributed by atoms with Crippen molar-refractivity contribution >= 4 is 17.0 Å². The molecule has 0 aliphatic carbocycles. The van der Waals surface area contributed by atoms with E-state index in [4.69, 9.17) is 4.74 Å². The lowest BCUT2D eigenvalue weighted by molar-refractivity contribution is 0.0601. The van der Waals surface area contributed by atoms with Gasteiger partial charge in [0, 0.05) is 46.9 Å². The average molecular weight is 329 g/mol. The molecule has 0 amide bonds. The van der Waals surface area contributed by atoms with Gasteiger partial charge in [0.15, 0.2) is 0 Å². The van der Waals surface area contributed by atoms with Crippen LogP contribution in [0, 0.1) is 0 Å². The van der Waals surface area contributed by atoms with E-state index in [2.05, 4.69) is 21.0 Å². The lowest BCUT2D eigenvalue weighted by atomic mass is 10.0. The third kappa shape index (κ3) is 2.76. The van der Waals surface area contributed by atoms with Crippen molar-refractivity contribution in [2.24, 2.45) is 0 Å². The predicted molar refractivity (Wildman–Crippen MR) is 96.1 cm³/mol. The number of methoxy groups -OCH3 is 1. The molecule has 0 saturated carbocycles. The molecule has 0 spiro atoms. The highest BCUT2D eigenvalue weighted by Crippen LogP contribution is 2.30. The maximum Gasteiger partial charge on any atom is 0.337 e. The van der Waals surface area contributed by atoms with Gasteiger partial charge in [-0.3, -0.25) is 4.98 Å². The topological polar surface area (TPSA) is 67.9 Å². The van der Waals surface area contributed by atoms with Crippen molar-refractivity contribution < 1.29 is 9.53 Å². The number of benzene rings is 1. The van der Waals surface area contributed by atoms with E-state index in [1.807, 2.05) is 42.7 Å². The number of carbonyl (C=O) groups is 1. The highest BCUT2D eigenvalue weighted by Gasteiger charge is 2.11. The summed E-state index contributed by atoms with van der Waals surface area (Å²) >= 11 is 0. The minimum atomic E-state index is -0.353. The van der Waals surface area contributed by atoms with Gasteiger partial charge in [-0.05, 0) is 29.8 Å². The molecular weight excluding hydrogens is 314 g/mol. The molecule has 3 heterocycles. The molecule has 0 atom stereocenters. The number of carbonyl (C=O) groups excluding carboxylic acids is 1. The van der Waals surface area contributed by atoms with Crippen LogP contribution in [0.1, 0.15) is 10.4 Å². The smallest absolute Gasteiger partial charge is 0.337 e. The second-order valence-electron chi connectivity index (χ2n) is 5.64. The largest absolute Gasteiger partial charge is 0.465 e. The molecule has 0 bridgehead atoms. The van der Waals surface area contributed by atoms with Gasteiger partial charge >= 0.3 is 5.97 Å². The Labute approximate surface area is 144 Å². The molecule has 5 nitrogen and oxygen atoms in total. The number of esters is 1. The Morgan fingerprint density at radius 2 is 1.92 bits per heavy atom. The number of aromatic nitrogens is 3. The first-order chi connectivity index (χ1) is 12.3.